The number of halogens is 1. The second kappa shape index (κ2) is 7.98. The van der Waals surface area contributed by atoms with Crippen LogP contribution in [0.4, 0.5) is 4.39 Å². The molecule has 0 fully saturated rings. The molecule has 1 aromatic carbocycles. The average Bonchev–Trinajstić information content (AvgIpc) is 2.37. The van der Waals surface area contributed by atoms with E-state index in [2.05, 4.69) is 23.6 Å². The number of rotatable bonds is 7. The highest BCUT2D eigenvalue weighted by Crippen LogP contribution is 2.13. The predicted octanol–water partition coefficient (Wildman–Crippen LogP) is 2.72. The van der Waals surface area contributed by atoms with E-state index in [-0.39, 0.29) is 5.82 Å². The summed E-state index contributed by atoms with van der Waals surface area (Å²) in [5, 5.41) is 8.77. The van der Waals surface area contributed by atoms with Crippen LogP contribution in [0.3, 0.4) is 0 Å². The molecule has 0 amide bonds. The molecule has 20 heavy (non-hydrogen) atoms. The van der Waals surface area contributed by atoms with Crippen LogP contribution in [0.1, 0.15) is 25.0 Å². The van der Waals surface area contributed by atoms with Crippen molar-refractivity contribution in [1.29, 1.82) is 5.26 Å². The third kappa shape index (κ3) is 5.68. The molecule has 0 aromatic heterocycles. The SMILES string of the molecule is CC(C)CN(CCN(C)C)Cc1ccc(C#N)cc1F. The van der Waals surface area contributed by atoms with Crippen molar-refractivity contribution in [2.45, 2.75) is 20.4 Å². The zero-order chi connectivity index (χ0) is 15.1. The van der Waals surface area contributed by atoms with E-state index in [1.54, 1.807) is 12.1 Å². The van der Waals surface area contributed by atoms with E-state index in [0.29, 0.717) is 23.6 Å². The van der Waals surface area contributed by atoms with Crippen LogP contribution in [0, 0.1) is 23.1 Å². The summed E-state index contributed by atoms with van der Waals surface area (Å²) in [7, 11) is 4.08. The molecule has 0 atom stereocenters. The van der Waals surface area contributed by atoms with E-state index < -0.39 is 0 Å². The van der Waals surface area contributed by atoms with Gasteiger partial charge < -0.3 is 4.90 Å². The molecule has 0 aliphatic heterocycles. The summed E-state index contributed by atoms with van der Waals surface area (Å²) in [5.74, 6) is 0.251. The van der Waals surface area contributed by atoms with E-state index in [4.69, 9.17) is 5.26 Å². The lowest BCUT2D eigenvalue weighted by molar-refractivity contribution is 0.209. The minimum absolute atomic E-state index is 0.289. The normalized spacial score (nSPS) is 11.3. The molecular weight excluding hydrogens is 253 g/mol. The molecule has 0 radical (unpaired) electrons. The van der Waals surface area contributed by atoms with Crippen LogP contribution < -0.4 is 0 Å². The molecule has 0 bridgehead atoms. The van der Waals surface area contributed by atoms with Crippen molar-refractivity contribution in [3.63, 3.8) is 0 Å². The first kappa shape index (κ1) is 16.6. The first-order chi connectivity index (χ1) is 9.42. The topological polar surface area (TPSA) is 30.3 Å². The van der Waals surface area contributed by atoms with E-state index in [1.807, 2.05) is 20.2 Å². The summed E-state index contributed by atoms with van der Waals surface area (Å²) in [6.07, 6.45) is 0. The molecular formula is C16H24FN3. The fraction of sp³-hybridized carbons (Fsp3) is 0.562. The number of nitriles is 1. The van der Waals surface area contributed by atoms with E-state index in [0.717, 1.165) is 19.6 Å². The third-order valence-electron chi connectivity index (χ3n) is 3.06. The van der Waals surface area contributed by atoms with Crippen LogP contribution in [0.5, 0.6) is 0 Å². The van der Waals surface area contributed by atoms with Crippen molar-refractivity contribution >= 4 is 0 Å². The van der Waals surface area contributed by atoms with Crippen molar-refractivity contribution < 1.29 is 4.39 Å². The molecule has 0 unspecified atom stereocenters. The Morgan fingerprint density at radius 3 is 2.45 bits per heavy atom. The fourth-order valence-electron chi connectivity index (χ4n) is 2.08. The monoisotopic (exact) mass is 277 g/mol. The number of benzene rings is 1. The zero-order valence-electron chi connectivity index (χ0n) is 12.9. The van der Waals surface area contributed by atoms with Gasteiger partial charge in [-0.2, -0.15) is 5.26 Å². The predicted molar refractivity (Wildman–Crippen MR) is 79.8 cm³/mol. The molecule has 110 valence electrons. The summed E-state index contributed by atoms with van der Waals surface area (Å²) >= 11 is 0. The first-order valence-corrected chi connectivity index (χ1v) is 6.98. The number of nitrogens with zero attached hydrogens (tertiary/aromatic N) is 3. The van der Waals surface area contributed by atoms with Gasteiger partial charge in [-0.25, -0.2) is 4.39 Å². The maximum atomic E-state index is 13.9. The van der Waals surface area contributed by atoms with Crippen molar-refractivity contribution in [1.82, 2.24) is 9.80 Å². The maximum absolute atomic E-state index is 13.9. The molecule has 0 aliphatic carbocycles. The van der Waals surface area contributed by atoms with Gasteiger partial charge in [-0.15, -0.1) is 0 Å². The second-order valence-electron chi connectivity index (χ2n) is 5.85. The average molecular weight is 277 g/mol. The highest BCUT2D eigenvalue weighted by atomic mass is 19.1. The molecule has 1 aromatic rings. The lowest BCUT2D eigenvalue weighted by Gasteiger charge is -2.26. The summed E-state index contributed by atoms with van der Waals surface area (Å²) in [6.45, 7) is 7.71. The number of likely N-dealkylation sites (N-methyl/N-ethyl adjacent to an activating group) is 1. The van der Waals surface area contributed by atoms with Crippen LogP contribution in [0.25, 0.3) is 0 Å². The van der Waals surface area contributed by atoms with Crippen LogP contribution in [0.15, 0.2) is 18.2 Å². The molecule has 3 nitrogen and oxygen atoms in total. The van der Waals surface area contributed by atoms with Gasteiger partial charge in [0.25, 0.3) is 0 Å². The number of hydrogen-bond acceptors (Lipinski definition) is 3. The largest absolute Gasteiger partial charge is 0.308 e. The van der Waals surface area contributed by atoms with E-state index in [9.17, 15) is 4.39 Å². The quantitative estimate of drug-likeness (QED) is 0.767. The molecule has 0 saturated heterocycles. The Kier molecular flexibility index (Phi) is 6.63. The fourth-order valence-corrected chi connectivity index (χ4v) is 2.08. The van der Waals surface area contributed by atoms with Gasteiger partial charge in [0.2, 0.25) is 0 Å². The van der Waals surface area contributed by atoms with Gasteiger partial charge in [0, 0.05) is 31.7 Å². The molecule has 0 saturated carbocycles. The Labute approximate surface area is 121 Å². The Morgan fingerprint density at radius 1 is 1.25 bits per heavy atom. The summed E-state index contributed by atoms with van der Waals surface area (Å²) < 4.78 is 13.9. The van der Waals surface area contributed by atoms with Gasteiger partial charge in [0.05, 0.1) is 11.6 Å². The van der Waals surface area contributed by atoms with Crippen LogP contribution in [-0.2, 0) is 6.54 Å². The highest BCUT2D eigenvalue weighted by Gasteiger charge is 2.12. The summed E-state index contributed by atoms with van der Waals surface area (Å²) in [6, 6.07) is 6.67. The Hall–Kier alpha value is -1.44. The van der Waals surface area contributed by atoms with Gasteiger partial charge in [-0.05, 0) is 32.1 Å². The lowest BCUT2D eigenvalue weighted by Crippen LogP contribution is -2.34. The van der Waals surface area contributed by atoms with E-state index in [1.165, 1.54) is 6.07 Å². The van der Waals surface area contributed by atoms with Crippen molar-refractivity contribution in [2.75, 3.05) is 33.7 Å². The summed E-state index contributed by atoms with van der Waals surface area (Å²) in [5.41, 5.74) is 1.03. The lowest BCUT2D eigenvalue weighted by atomic mass is 10.1. The van der Waals surface area contributed by atoms with E-state index >= 15 is 0 Å². The molecule has 4 heteroatoms. The van der Waals surface area contributed by atoms with Gasteiger partial charge in [-0.3, -0.25) is 4.90 Å². The van der Waals surface area contributed by atoms with Crippen LogP contribution in [-0.4, -0.2) is 43.5 Å². The minimum Gasteiger partial charge on any atom is -0.308 e. The maximum Gasteiger partial charge on any atom is 0.129 e. The molecule has 0 N–H and O–H groups in total. The zero-order valence-corrected chi connectivity index (χ0v) is 12.9. The van der Waals surface area contributed by atoms with Crippen molar-refractivity contribution in [3.8, 4) is 6.07 Å². The second-order valence-corrected chi connectivity index (χ2v) is 5.85. The Bertz CT molecular complexity index is 463. The molecule has 0 heterocycles. The van der Waals surface area contributed by atoms with Gasteiger partial charge in [0.15, 0.2) is 0 Å². The van der Waals surface area contributed by atoms with Crippen molar-refractivity contribution in [3.05, 3.63) is 35.1 Å². The highest BCUT2D eigenvalue weighted by molar-refractivity contribution is 5.32. The van der Waals surface area contributed by atoms with Gasteiger partial charge in [-0.1, -0.05) is 19.9 Å². The molecule has 0 aliphatic rings. The molecule has 0 spiro atoms. The smallest absolute Gasteiger partial charge is 0.129 e. The summed E-state index contributed by atoms with van der Waals surface area (Å²) in [4.78, 5) is 4.39. The first-order valence-electron chi connectivity index (χ1n) is 6.98. The standard InChI is InChI=1S/C16H24FN3/c1-13(2)11-20(8-7-19(3)4)12-15-6-5-14(10-18)9-16(15)17/h5-6,9,13H,7-8,11-12H2,1-4H3. The Balaban J connectivity index is 2.75. The third-order valence-corrected chi connectivity index (χ3v) is 3.06. The van der Waals surface area contributed by atoms with Gasteiger partial charge in [0.1, 0.15) is 5.82 Å². The van der Waals surface area contributed by atoms with Crippen LogP contribution in [0.2, 0.25) is 0 Å². The Morgan fingerprint density at radius 2 is 1.95 bits per heavy atom. The molecule has 1 rings (SSSR count). The van der Waals surface area contributed by atoms with Gasteiger partial charge >= 0.3 is 0 Å². The number of hydrogen-bond donors (Lipinski definition) is 0. The van der Waals surface area contributed by atoms with Crippen LogP contribution >= 0.6 is 0 Å². The minimum atomic E-state index is -0.289. The van der Waals surface area contributed by atoms with Crippen molar-refractivity contribution in [2.24, 2.45) is 5.92 Å².